The van der Waals surface area contributed by atoms with E-state index in [1.807, 2.05) is 0 Å². The summed E-state index contributed by atoms with van der Waals surface area (Å²) in [6.45, 7) is 4.94. The molecule has 0 radical (unpaired) electrons. The lowest BCUT2D eigenvalue weighted by molar-refractivity contribution is -0.143. The van der Waals surface area contributed by atoms with Gasteiger partial charge >= 0.3 is 5.97 Å². The number of rotatable bonds is 66. The third-order valence-electron chi connectivity index (χ3n) is 16.4. The Labute approximate surface area is 487 Å². The highest BCUT2D eigenvalue weighted by molar-refractivity contribution is 5.76. The number of hydrogen-bond donors (Lipinski definition) is 3. The van der Waals surface area contributed by atoms with E-state index in [9.17, 15) is 19.8 Å². The Kier molecular flexibility index (Phi) is 65.9. The monoisotopic (exact) mass is 1100 g/mol. The molecule has 0 saturated carbocycles. The van der Waals surface area contributed by atoms with Crippen molar-refractivity contribution >= 4 is 11.9 Å². The van der Waals surface area contributed by atoms with Gasteiger partial charge < -0.3 is 20.3 Å². The van der Waals surface area contributed by atoms with Crippen LogP contribution < -0.4 is 5.32 Å². The minimum Gasteiger partial charge on any atom is -0.466 e. The molecule has 0 aromatic heterocycles. The van der Waals surface area contributed by atoms with Gasteiger partial charge in [-0.15, -0.1) is 0 Å². The van der Waals surface area contributed by atoms with Crippen molar-refractivity contribution in [3.05, 3.63) is 36.5 Å². The van der Waals surface area contributed by atoms with Gasteiger partial charge in [-0.25, -0.2) is 0 Å². The van der Waals surface area contributed by atoms with Crippen molar-refractivity contribution in [1.29, 1.82) is 0 Å². The second kappa shape index (κ2) is 67.6. The molecule has 6 nitrogen and oxygen atoms in total. The highest BCUT2D eigenvalue weighted by Crippen LogP contribution is 2.19. The molecule has 0 heterocycles. The zero-order chi connectivity index (χ0) is 56.4. The van der Waals surface area contributed by atoms with Gasteiger partial charge in [-0.05, 0) is 77.0 Å². The minimum absolute atomic E-state index is 0.00232. The Hall–Kier alpha value is -1.92. The van der Waals surface area contributed by atoms with E-state index in [2.05, 4.69) is 55.6 Å². The molecule has 0 aliphatic rings. The first-order valence-electron chi connectivity index (χ1n) is 35.2. The van der Waals surface area contributed by atoms with Crippen molar-refractivity contribution in [2.75, 3.05) is 13.2 Å². The van der Waals surface area contributed by atoms with Crippen LogP contribution in [0.1, 0.15) is 386 Å². The standard InChI is InChI=1S/C72H137NO5/c1-3-5-7-9-11-13-15-16-17-18-32-35-38-41-45-48-52-56-60-64-70(75)69(68-74)73-71(76)65-61-57-53-49-46-42-39-36-33-30-28-26-24-22-20-19-21-23-25-27-29-31-34-37-40-43-47-51-55-59-63-67-78-72(77)66-62-58-54-50-44-14-12-10-8-6-4-2/h10,12,21,23,27,29,69-70,74-75H,3-9,11,13-20,22,24-26,28,30-68H2,1-2H3,(H,73,76)/b12-10-,23-21-,29-27-. The molecule has 0 rings (SSSR count). The van der Waals surface area contributed by atoms with E-state index >= 15 is 0 Å². The van der Waals surface area contributed by atoms with Crippen LogP contribution in [-0.2, 0) is 14.3 Å². The first-order valence-corrected chi connectivity index (χ1v) is 35.2. The quantitative estimate of drug-likeness (QED) is 0.0320. The number of carbonyl (C=O) groups is 2. The molecule has 0 saturated heterocycles. The van der Waals surface area contributed by atoms with E-state index in [1.165, 1.54) is 302 Å². The number of hydrogen-bond acceptors (Lipinski definition) is 5. The third kappa shape index (κ3) is 63.3. The fourth-order valence-corrected chi connectivity index (χ4v) is 11.0. The number of nitrogens with one attached hydrogen (secondary N) is 1. The van der Waals surface area contributed by atoms with Crippen LogP contribution in [0.25, 0.3) is 0 Å². The van der Waals surface area contributed by atoms with E-state index in [4.69, 9.17) is 4.74 Å². The lowest BCUT2D eigenvalue weighted by atomic mass is 10.0. The van der Waals surface area contributed by atoms with E-state index < -0.39 is 12.1 Å². The zero-order valence-electron chi connectivity index (χ0n) is 52.7. The summed E-state index contributed by atoms with van der Waals surface area (Å²) in [5, 5.41) is 23.4. The van der Waals surface area contributed by atoms with Gasteiger partial charge in [0.05, 0.1) is 25.4 Å². The molecule has 78 heavy (non-hydrogen) atoms. The predicted octanol–water partition coefficient (Wildman–Crippen LogP) is 22.7. The number of aliphatic hydroxyl groups is 2. The number of amides is 1. The Morgan fingerprint density at radius 1 is 0.359 bits per heavy atom. The highest BCUT2D eigenvalue weighted by Gasteiger charge is 2.20. The van der Waals surface area contributed by atoms with Crippen LogP contribution in [0.15, 0.2) is 36.5 Å². The van der Waals surface area contributed by atoms with Crippen LogP contribution in [0, 0.1) is 0 Å². The second-order valence-corrected chi connectivity index (χ2v) is 24.2. The van der Waals surface area contributed by atoms with Gasteiger partial charge in [0.1, 0.15) is 0 Å². The maximum Gasteiger partial charge on any atom is 0.305 e. The van der Waals surface area contributed by atoms with Crippen molar-refractivity contribution in [1.82, 2.24) is 5.32 Å². The molecule has 0 aliphatic carbocycles. The van der Waals surface area contributed by atoms with Crippen molar-refractivity contribution < 1.29 is 24.5 Å². The summed E-state index contributed by atoms with van der Waals surface area (Å²) in [6, 6.07) is -0.542. The summed E-state index contributed by atoms with van der Waals surface area (Å²) < 4.78 is 5.46. The first kappa shape index (κ1) is 76.1. The fraction of sp³-hybridized carbons (Fsp3) is 0.889. The van der Waals surface area contributed by atoms with Crippen molar-refractivity contribution in [3.8, 4) is 0 Å². The lowest BCUT2D eigenvalue weighted by Gasteiger charge is -2.22. The average Bonchev–Trinajstić information content (AvgIpc) is 3.44. The number of ether oxygens (including phenoxy) is 1. The lowest BCUT2D eigenvalue weighted by Crippen LogP contribution is -2.45. The molecule has 460 valence electrons. The van der Waals surface area contributed by atoms with E-state index in [0.29, 0.717) is 25.9 Å². The number of carbonyl (C=O) groups excluding carboxylic acids is 2. The van der Waals surface area contributed by atoms with Gasteiger partial charge in [0.15, 0.2) is 0 Å². The SMILES string of the molecule is CCCC/C=C\CCCCCCCC(=O)OCCCCCCCCCCC/C=C\C/C=C\CCCCCCCCCCCCCCCCCC(=O)NC(CO)C(O)CCCCCCCCCCCCCCCCCCCCC. The molecule has 0 aliphatic heterocycles. The largest absolute Gasteiger partial charge is 0.466 e. The molecule has 0 aromatic carbocycles. The molecule has 3 N–H and O–H groups in total. The number of aliphatic hydroxyl groups excluding tert-OH is 2. The number of unbranched alkanes of at least 4 members (excludes halogenated alkanes) is 49. The van der Waals surface area contributed by atoms with Crippen molar-refractivity contribution in [2.45, 2.75) is 398 Å². The normalized spacial score (nSPS) is 12.7. The minimum atomic E-state index is -0.665. The van der Waals surface area contributed by atoms with E-state index in [-0.39, 0.29) is 18.5 Å². The maximum atomic E-state index is 12.5. The van der Waals surface area contributed by atoms with E-state index in [0.717, 1.165) is 51.4 Å². The second-order valence-electron chi connectivity index (χ2n) is 24.2. The average molecular weight is 1100 g/mol. The Morgan fingerprint density at radius 3 is 1.03 bits per heavy atom. The third-order valence-corrected chi connectivity index (χ3v) is 16.4. The van der Waals surface area contributed by atoms with Crippen LogP contribution in [-0.4, -0.2) is 47.4 Å². The smallest absolute Gasteiger partial charge is 0.305 e. The summed E-state index contributed by atoms with van der Waals surface area (Å²) in [5.74, 6) is -0.0284. The fourth-order valence-electron chi connectivity index (χ4n) is 11.0. The van der Waals surface area contributed by atoms with Gasteiger partial charge in [-0.2, -0.15) is 0 Å². The topological polar surface area (TPSA) is 95.9 Å². The molecular weight excluding hydrogens is 959 g/mol. The van der Waals surface area contributed by atoms with Crippen LogP contribution in [0.4, 0.5) is 0 Å². The molecule has 0 aromatic rings. The van der Waals surface area contributed by atoms with Crippen LogP contribution in [0.3, 0.4) is 0 Å². The van der Waals surface area contributed by atoms with Crippen molar-refractivity contribution in [2.24, 2.45) is 0 Å². The molecule has 0 spiro atoms. The van der Waals surface area contributed by atoms with Crippen LogP contribution in [0.5, 0.6) is 0 Å². The van der Waals surface area contributed by atoms with Gasteiger partial charge in [-0.3, -0.25) is 9.59 Å². The highest BCUT2D eigenvalue weighted by atomic mass is 16.5. The number of esters is 1. The van der Waals surface area contributed by atoms with Gasteiger partial charge in [0.2, 0.25) is 5.91 Å². The molecule has 1 amide bonds. The summed E-state index contributed by atoms with van der Waals surface area (Å²) in [4.78, 5) is 24.5. The molecule has 6 heteroatoms. The van der Waals surface area contributed by atoms with Crippen LogP contribution in [0.2, 0.25) is 0 Å². The first-order chi connectivity index (χ1) is 38.5. The summed E-state index contributed by atoms with van der Waals surface area (Å²) in [5.41, 5.74) is 0. The Bertz CT molecular complexity index is 1260. The molecule has 0 fully saturated rings. The van der Waals surface area contributed by atoms with Gasteiger partial charge in [0, 0.05) is 12.8 Å². The molecule has 2 atom stereocenters. The van der Waals surface area contributed by atoms with E-state index in [1.54, 1.807) is 0 Å². The summed E-state index contributed by atoms with van der Waals surface area (Å²) >= 11 is 0. The van der Waals surface area contributed by atoms with Gasteiger partial charge in [0.25, 0.3) is 0 Å². The summed E-state index contributed by atoms with van der Waals surface area (Å²) in [6.07, 6.45) is 86.2. The van der Waals surface area contributed by atoms with Crippen molar-refractivity contribution in [3.63, 3.8) is 0 Å². The maximum absolute atomic E-state index is 12.5. The molecular formula is C72H137NO5. The Balaban J connectivity index is 3.40. The number of allylic oxidation sites excluding steroid dienone is 6. The van der Waals surface area contributed by atoms with Gasteiger partial charge in [-0.1, -0.05) is 333 Å². The van der Waals surface area contributed by atoms with Crippen LogP contribution >= 0.6 is 0 Å². The zero-order valence-corrected chi connectivity index (χ0v) is 52.7. The summed E-state index contributed by atoms with van der Waals surface area (Å²) in [7, 11) is 0. The predicted molar refractivity (Wildman–Crippen MR) is 343 cm³/mol. The molecule has 0 bridgehead atoms. The Morgan fingerprint density at radius 2 is 0.654 bits per heavy atom. The molecule has 2 unspecified atom stereocenters.